The molecule has 0 aromatic heterocycles. The molecule has 0 aromatic carbocycles. The van der Waals surface area contributed by atoms with Crippen molar-refractivity contribution in [1.29, 1.82) is 0 Å². The third kappa shape index (κ3) is 2.97. The van der Waals surface area contributed by atoms with E-state index in [1.54, 1.807) is 11.8 Å². The molecule has 1 saturated heterocycles. The van der Waals surface area contributed by atoms with E-state index in [1.165, 1.54) is 0 Å². The van der Waals surface area contributed by atoms with Crippen LogP contribution in [0.4, 0.5) is 0 Å². The summed E-state index contributed by atoms with van der Waals surface area (Å²) < 4.78 is 0. The molecule has 0 aromatic rings. The van der Waals surface area contributed by atoms with Crippen LogP contribution in [0.2, 0.25) is 0 Å². The van der Waals surface area contributed by atoms with Crippen molar-refractivity contribution >= 4 is 11.8 Å². The smallest absolute Gasteiger partial charge is 0.245 e. The van der Waals surface area contributed by atoms with Gasteiger partial charge in [-0.05, 0) is 26.2 Å². The predicted octanol–water partition coefficient (Wildman–Crippen LogP) is 1.16. The fourth-order valence-electron chi connectivity index (χ4n) is 2.08. The molecule has 16 heavy (non-hydrogen) atoms. The molecule has 2 amide bonds. The van der Waals surface area contributed by atoms with Crippen LogP contribution in [-0.4, -0.2) is 35.3 Å². The molecule has 3 atom stereocenters. The third-order valence-electron chi connectivity index (χ3n) is 3.32. The molecule has 0 radical (unpaired) electrons. The summed E-state index contributed by atoms with van der Waals surface area (Å²) in [5.74, 6) is 0.571. The maximum absolute atomic E-state index is 11.9. The van der Waals surface area contributed by atoms with Crippen LogP contribution < -0.4 is 5.32 Å². The average molecular weight is 226 g/mol. The van der Waals surface area contributed by atoms with Crippen LogP contribution in [0.15, 0.2) is 0 Å². The van der Waals surface area contributed by atoms with Crippen molar-refractivity contribution in [2.45, 2.75) is 52.6 Å². The van der Waals surface area contributed by atoms with E-state index in [1.807, 2.05) is 6.92 Å². The van der Waals surface area contributed by atoms with E-state index in [2.05, 4.69) is 19.2 Å². The monoisotopic (exact) mass is 226 g/mol. The Morgan fingerprint density at radius 1 is 1.44 bits per heavy atom. The second-order valence-corrected chi connectivity index (χ2v) is 4.85. The lowest BCUT2D eigenvalue weighted by molar-refractivity contribution is -0.146. The summed E-state index contributed by atoms with van der Waals surface area (Å²) in [6.07, 6.45) is 2.07. The number of hydrogen-bond acceptors (Lipinski definition) is 2. The predicted molar refractivity (Wildman–Crippen MR) is 62.9 cm³/mol. The number of piperazine rings is 1. The van der Waals surface area contributed by atoms with Gasteiger partial charge in [-0.15, -0.1) is 0 Å². The minimum atomic E-state index is -0.374. The van der Waals surface area contributed by atoms with Crippen LogP contribution in [0.25, 0.3) is 0 Å². The van der Waals surface area contributed by atoms with E-state index < -0.39 is 0 Å². The van der Waals surface area contributed by atoms with Gasteiger partial charge in [0.2, 0.25) is 11.8 Å². The summed E-state index contributed by atoms with van der Waals surface area (Å²) >= 11 is 0. The molecule has 1 fully saturated rings. The topological polar surface area (TPSA) is 49.4 Å². The number of nitrogens with one attached hydrogen (secondary N) is 1. The van der Waals surface area contributed by atoms with Crippen LogP contribution in [0.3, 0.4) is 0 Å². The maximum atomic E-state index is 11.9. The van der Waals surface area contributed by atoms with Gasteiger partial charge in [-0.25, -0.2) is 0 Å². The molecular weight excluding hydrogens is 204 g/mol. The minimum absolute atomic E-state index is 0.0374. The summed E-state index contributed by atoms with van der Waals surface area (Å²) in [6.45, 7) is 8.29. The fraction of sp³-hybridized carbons (Fsp3) is 0.833. The van der Waals surface area contributed by atoms with Crippen molar-refractivity contribution in [3.05, 3.63) is 0 Å². The summed E-state index contributed by atoms with van der Waals surface area (Å²) in [6, 6.07) is -0.225. The van der Waals surface area contributed by atoms with Gasteiger partial charge in [-0.1, -0.05) is 20.3 Å². The van der Waals surface area contributed by atoms with E-state index in [-0.39, 0.29) is 30.4 Å². The normalized spacial score (nSPS) is 25.2. The van der Waals surface area contributed by atoms with Crippen molar-refractivity contribution < 1.29 is 9.59 Å². The number of carbonyl (C=O) groups excluding carboxylic acids is 2. The van der Waals surface area contributed by atoms with Crippen LogP contribution >= 0.6 is 0 Å². The molecular formula is C12H22N2O2. The zero-order valence-corrected chi connectivity index (χ0v) is 10.6. The molecule has 1 aliphatic rings. The lowest BCUT2D eigenvalue weighted by Gasteiger charge is -2.36. The minimum Gasteiger partial charge on any atom is -0.343 e. The first-order valence-electron chi connectivity index (χ1n) is 6.05. The third-order valence-corrected chi connectivity index (χ3v) is 3.32. The van der Waals surface area contributed by atoms with E-state index in [0.717, 1.165) is 12.8 Å². The Morgan fingerprint density at radius 2 is 2.06 bits per heavy atom. The highest BCUT2D eigenvalue weighted by Crippen LogP contribution is 2.16. The van der Waals surface area contributed by atoms with Crippen LogP contribution in [0.5, 0.6) is 0 Å². The molecule has 92 valence electrons. The van der Waals surface area contributed by atoms with Crippen LogP contribution in [0, 0.1) is 5.92 Å². The first-order valence-corrected chi connectivity index (χ1v) is 6.05. The highest BCUT2D eigenvalue weighted by atomic mass is 16.2. The number of carbonyl (C=O) groups is 2. The van der Waals surface area contributed by atoms with Gasteiger partial charge in [0, 0.05) is 6.04 Å². The van der Waals surface area contributed by atoms with Crippen molar-refractivity contribution in [2.75, 3.05) is 6.54 Å². The van der Waals surface area contributed by atoms with Gasteiger partial charge in [0.1, 0.15) is 6.04 Å². The first-order chi connectivity index (χ1) is 7.45. The van der Waals surface area contributed by atoms with Gasteiger partial charge in [0.25, 0.3) is 0 Å². The average Bonchev–Trinajstić information content (AvgIpc) is 2.22. The highest BCUT2D eigenvalue weighted by molar-refractivity contribution is 5.94. The first kappa shape index (κ1) is 13.0. The van der Waals surface area contributed by atoms with Crippen molar-refractivity contribution in [2.24, 2.45) is 5.92 Å². The van der Waals surface area contributed by atoms with Gasteiger partial charge in [0.05, 0.1) is 6.54 Å². The van der Waals surface area contributed by atoms with Gasteiger partial charge < -0.3 is 10.2 Å². The van der Waals surface area contributed by atoms with E-state index in [4.69, 9.17) is 0 Å². The Morgan fingerprint density at radius 3 is 2.62 bits per heavy atom. The molecule has 0 spiro atoms. The van der Waals surface area contributed by atoms with E-state index >= 15 is 0 Å². The molecule has 3 unspecified atom stereocenters. The Hall–Kier alpha value is -1.06. The van der Waals surface area contributed by atoms with E-state index in [0.29, 0.717) is 5.92 Å². The molecule has 0 bridgehead atoms. The zero-order chi connectivity index (χ0) is 12.3. The highest BCUT2D eigenvalue weighted by Gasteiger charge is 2.32. The van der Waals surface area contributed by atoms with Crippen molar-refractivity contribution in [3.8, 4) is 0 Å². The lowest BCUT2D eigenvalue weighted by atomic mass is 9.98. The second-order valence-electron chi connectivity index (χ2n) is 4.85. The maximum Gasteiger partial charge on any atom is 0.245 e. The summed E-state index contributed by atoms with van der Waals surface area (Å²) in [4.78, 5) is 25.0. The van der Waals surface area contributed by atoms with E-state index in [9.17, 15) is 9.59 Å². The van der Waals surface area contributed by atoms with Crippen molar-refractivity contribution in [3.63, 3.8) is 0 Å². The molecule has 1 aliphatic heterocycles. The second kappa shape index (κ2) is 5.32. The molecule has 0 saturated carbocycles. The Balaban J connectivity index is 2.62. The fourth-order valence-corrected chi connectivity index (χ4v) is 2.08. The van der Waals surface area contributed by atoms with Gasteiger partial charge >= 0.3 is 0 Å². The zero-order valence-electron chi connectivity index (χ0n) is 10.6. The van der Waals surface area contributed by atoms with Gasteiger partial charge in [0.15, 0.2) is 0 Å². The summed E-state index contributed by atoms with van der Waals surface area (Å²) in [5, 5.41) is 2.65. The molecule has 0 aliphatic carbocycles. The Labute approximate surface area is 97.4 Å². The molecule has 1 heterocycles. The standard InChI is InChI=1S/C12H22N2O2/c1-5-8(2)6-9(3)14-7-11(15)13-10(4)12(14)16/h8-10H,5-7H2,1-4H3,(H,13,15). The molecule has 4 nitrogen and oxygen atoms in total. The molecule has 1 rings (SSSR count). The number of hydrogen-bond donors (Lipinski definition) is 1. The lowest BCUT2D eigenvalue weighted by Crippen LogP contribution is -2.59. The number of rotatable bonds is 4. The number of nitrogens with zero attached hydrogens (tertiary/aromatic N) is 1. The SMILES string of the molecule is CCC(C)CC(C)N1CC(=O)NC(C)C1=O. The largest absolute Gasteiger partial charge is 0.343 e. The quantitative estimate of drug-likeness (QED) is 0.782. The van der Waals surface area contributed by atoms with Crippen molar-refractivity contribution in [1.82, 2.24) is 10.2 Å². The number of amides is 2. The Bertz CT molecular complexity index is 278. The van der Waals surface area contributed by atoms with Gasteiger partial charge in [-0.2, -0.15) is 0 Å². The molecule has 1 N–H and O–H groups in total. The van der Waals surface area contributed by atoms with Crippen LogP contribution in [-0.2, 0) is 9.59 Å². The Kier molecular flexibility index (Phi) is 4.33. The van der Waals surface area contributed by atoms with Crippen LogP contribution in [0.1, 0.15) is 40.5 Å². The van der Waals surface area contributed by atoms with Gasteiger partial charge in [-0.3, -0.25) is 9.59 Å². The summed E-state index contributed by atoms with van der Waals surface area (Å²) in [5.41, 5.74) is 0. The molecule has 4 heteroatoms. The summed E-state index contributed by atoms with van der Waals surface area (Å²) in [7, 11) is 0.